The summed E-state index contributed by atoms with van der Waals surface area (Å²) in [5.41, 5.74) is 3.55. The number of para-hydroxylation sites is 1. The van der Waals surface area contributed by atoms with E-state index in [9.17, 15) is 9.90 Å². The van der Waals surface area contributed by atoms with Crippen molar-refractivity contribution in [1.82, 2.24) is 4.90 Å². The third-order valence-corrected chi connectivity index (χ3v) is 4.80. The highest BCUT2D eigenvalue weighted by Crippen LogP contribution is 2.31. The third-order valence-electron chi connectivity index (χ3n) is 4.19. The van der Waals surface area contributed by atoms with Crippen LogP contribution in [0.1, 0.15) is 21.5 Å². The summed E-state index contributed by atoms with van der Waals surface area (Å²) in [5.74, 6) is -0.136. The van der Waals surface area contributed by atoms with Gasteiger partial charge in [-0.1, -0.05) is 18.2 Å². The second kappa shape index (κ2) is 6.24. The maximum Gasteiger partial charge on any atom is 0.258 e. The van der Waals surface area contributed by atoms with Crippen molar-refractivity contribution in [2.75, 3.05) is 25.0 Å². The normalized spacial score (nSPS) is 14.4. The van der Waals surface area contributed by atoms with Crippen molar-refractivity contribution in [3.63, 3.8) is 0 Å². The van der Waals surface area contributed by atoms with Crippen LogP contribution in [0.25, 0.3) is 0 Å². The molecule has 0 saturated heterocycles. The molecule has 0 aliphatic carbocycles. The van der Waals surface area contributed by atoms with Gasteiger partial charge in [-0.3, -0.25) is 4.79 Å². The third kappa shape index (κ3) is 3.06. The fraction of sp³-hybridized carbons (Fsp3) is 0.278. The minimum absolute atomic E-state index is 0.00601. The zero-order chi connectivity index (χ0) is 16.6. The number of likely N-dealkylation sites (N-methyl/N-ethyl adjacent to an activating group) is 1. The van der Waals surface area contributed by atoms with Crippen molar-refractivity contribution in [3.05, 3.63) is 57.6 Å². The largest absolute Gasteiger partial charge is 0.506 e. The van der Waals surface area contributed by atoms with E-state index in [4.69, 9.17) is 0 Å². The van der Waals surface area contributed by atoms with E-state index < -0.39 is 0 Å². The molecule has 0 fully saturated rings. The van der Waals surface area contributed by atoms with Crippen molar-refractivity contribution in [2.45, 2.75) is 13.5 Å². The van der Waals surface area contributed by atoms with Crippen LogP contribution in [0.2, 0.25) is 0 Å². The van der Waals surface area contributed by atoms with Crippen molar-refractivity contribution in [1.29, 1.82) is 0 Å². The maximum absolute atomic E-state index is 12.9. The van der Waals surface area contributed by atoms with E-state index in [1.165, 1.54) is 0 Å². The Balaban J connectivity index is 1.95. The summed E-state index contributed by atoms with van der Waals surface area (Å²) in [6, 6.07) is 11.7. The number of phenolic OH excluding ortho intramolecular Hbond substituents is 1. The first-order valence-electron chi connectivity index (χ1n) is 7.55. The highest BCUT2D eigenvalue weighted by molar-refractivity contribution is 9.10. The summed E-state index contributed by atoms with van der Waals surface area (Å²) in [5, 5.41) is 10.2. The number of amides is 1. The first-order chi connectivity index (χ1) is 11.0. The lowest BCUT2D eigenvalue weighted by atomic mass is 10.1. The predicted octanol–water partition coefficient (Wildman–Crippen LogP) is 3.56. The van der Waals surface area contributed by atoms with Gasteiger partial charge in [0, 0.05) is 32.4 Å². The maximum atomic E-state index is 12.9. The Labute approximate surface area is 144 Å². The number of aryl methyl sites for hydroxylation is 1. The van der Waals surface area contributed by atoms with Crippen LogP contribution in [0.4, 0.5) is 5.69 Å². The van der Waals surface area contributed by atoms with Crippen LogP contribution < -0.4 is 4.90 Å². The molecule has 0 atom stereocenters. The number of rotatable bonds is 1. The molecule has 0 bridgehead atoms. The molecule has 120 valence electrons. The first-order valence-corrected chi connectivity index (χ1v) is 8.34. The molecule has 5 heteroatoms. The van der Waals surface area contributed by atoms with Gasteiger partial charge in [0.05, 0.1) is 10.0 Å². The lowest BCUT2D eigenvalue weighted by molar-refractivity contribution is 0.0748. The van der Waals surface area contributed by atoms with Crippen LogP contribution in [-0.2, 0) is 6.54 Å². The fourth-order valence-corrected chi connectivity index (χ4v) is 3.51. The van der Waals surface area contributed by atoms with E-state index in [0.717, 1.165) is 23.4 Å². The quantitative estimate of drug-likeness (QED) is 0.829. The van der Waals surface area contributed by atoms with Crippen LogP contribution in [0.5, 0.6) is 5.75 Å². The molecule has 1 heterocycles. The summed E-state index contributed by atoms with van der Waals surface area (Å²) in [4.78, 5) is 16.9. The number of phenols is 1. The standard InChI is InChI=1S/C18H19BrN2O2/c1-12-9-14(17(22)15(19)10-12)18(23)21-8-7-20(2)16-6-4-3-5-13(16)11-21/h3-6,9-10,22H,7-8,11H2,1-2H3. The number of anilines is 1. The van der Waals surface area contributed by atoms with Gasteiger partial charge in [0.15, 0.2) is 0 Å². The molecule has 1 aliphatic rings. The van der Waals surface area contributed by atoms with Crippen molar-refractivity contribution in [2.24, 2.45) is 0 Å². The van der Waals surface area contributed by atoms with Crippen LogP contribution in [0.15, 0.2) is 40.9 Å². The minimum atomic E-state index is -0.142. The number of aromatic hydroxyl groups is 1. The molecule has 2 aromatic rings. The Hall–Kier alpha value is -2.01. The van der Waals surface area contributed by atoms with Gasteiger partial charge in [0.25, 0.3) is 5.91 Å². The zero-order valence-corrected chi connectivity index (χ0v) is 14.8. The van der Waals surface area contributed by atoms with Gasteiger partial charge < -0.3 is 14.9 Å². The van der Waals surface area contributed by atoms with Gasteiger partial charge in [-0.05, 0) is 52.2 Å². The van der Waals surface area contributed by atoms with Crippen molar-refractivity contribution in [3.8, 4) is 5.75 Å². The highest BCUT2D eigenvalue weighted by Gasteiger charge is 2.24. The summed E-state index contributed by atoms with van der Waals surface area (Å²) in [6.07, 6.45) is 0. The molecule has 0 radical (unpaired) electrons. The number of hydrogen-bond donors (Lipinski definition) is 1. The van der Waals surface area contributed by atoms with Crippen LogP contribution in [-0.4, -0.2) is 36.1 Å². The molecular formula is C18H19BrN2O2. The molecule has 23 heavy (non-hydrogen) atoms. The van der Waals surface area contributed by atoms with E-state index >= 15 is 0 Å². The van der Waals surface area contributed by atoms with Crippen LogP contribution >= 0.6 is 15.9 Å². The topological polar surface area (TPSA) is 43.8 Å². The van der Waals surface area contributed by atoms with E-state index in [-0.39, 0.29) is 11.7 Å². The summed E-state index contributed by atoms with van der Waals surface area (Å²) in [6.45, 7) is 3.84. The Bertz CT molecular complexity index is 761. The van der Waals surface area contributed by atoms with Gasteiger partial charge in [-0.2, -0.15) is 0 Å². The molecule has 3 rings (SSSR count). The molecule has 0 unspecified atom stereocenters. The molecule has 4 nitrogen and oxygen atoms in total. The van der Waals surface area contributed by atoms with E-state index in [1.54, 1.807) is 17.0 Å². The molecule has 1 amide bonds. The Morgan fingerprint density at radius 1 is 1.22 bits per heavy atom. The zero-order valence-electron chi connectivity index (χ0n) is 13.2. The number of hydrogen-bond acceptors (Lipinski definition) is 3. The fourth-order valence-electron chi connectivity index (χ4n) is 2.93. The molecule has 0 spiro atoms. The minimum Gasteiger partial charge on any atom is -0.506 e. The average Bonchev–Trinajstić information content (AvgIpc) is 2.70. The van der Waals surface area contributed by atoms with Crippen LogP contribution in [0, 0.1) is 6.92 Å². The molecule has 0 saturated carbocycles. The number of carbonyl (C=O) groups excluding carboxylic acids is 1. The molecule has 1 N–H and O–H groups in total. The summed E-state index contributed by atoms with van der Waals surface area (Å²) < 4.78 is 0.549. The number of benzene rings is 2. The number of nitrogens with zero attached hydrogens (tertiary/aromatic N) is 2. The first kappa shape index (κ1) is 15.9. The van der Waals surface area contributed by atoms with Gasteiger partial charge in [0.1, 0.15) is 5.75 Å². The van der Waals surface area contributed by atoms with Gasteiger partial charge in [0.2, 0.25) is 0 Å². The highest BCUT2D eigenvalue weighted by atomic mass is 79.9. The molecule has 1 aliphatic heterocycles. The molecule has 2 aromatic carbocycles. The summed E-state index contributed by atoms with van der Waals surface area (Å²) in [7, 11) is 2.04. The van der Waals surface area contributed by atoms with Crippen LogP contribution in [0.3, 0.4) is 0 Å². The Kier molecular flexibility index (Phi) is 4.31. The van der Waals surface area contributed by atoms with Gasteiger partial charge >= 0.3 is 0 Å². The van der Waals surface area contributed by atoms with Crippen molar-refractivity contribution >= 4 is 27.5 Å². The van der Waals surface area contributed by atoms with Gasteiger partial charge in [-0.15, -0.1) is 0 Å². The smallest absolute Gasteiger partial charge is 0.258 e. The Morgan fingerprint density at radius 3 is 2.74 bits per heavy atom. The SMILES string of the molecule is Cc1cc(Br)c(O)c(C(=O)N2CCN(C)c3ccccc3C2)c1. The summed E-state index contributed by atoms with van der Waals surface area (Å²) >= 11 is 3.31. The van der Waals surface area contributed by atoms with E-state index in [2.05, 4.69) is 26.9 Å². The number of fused-ring (bicyclic) bond motifs is 1. The second-order valence-corrected chi connectivity index (χ2v) is 6.77. The lowest BCUT2D eigenvalue weighted by Gasteiger charge is -2.22. The number of halogens is 1. The second-order valence-electron chi connectivity index (χ2n) is 5.92. The Morgan fingerprint density at radius 2 is 1.96 bits per heavy atom. The predicted molar refractivity (Wildman–Crippen MR) is 95.0 cm³/mol. The molecule has 0 aromatic heterocycles. The monoisotopic (exact) mass is 374 g/mol. The van der Waals surface area contributed by atoms with E-state index in [0.29, 0.717) is 23.1 Å². The lowest BCUT2D eigenvalue weighted by Crippen LogP contribution is -2.34. The van der Waals surface area contributed by atoms with Gasteiger partial charge in [-0.25, -0.2) is 0 Å². The van der Waals surface area contributed by atoms with E-state index in [1.807, 2.05) is 32.2 Å². The van der Waals surface area contributed by atoms with Crippen molar-refractivity contribution < 1.29 is 9.90 Å². The number of carbonyl (C=O) groups is 1. The average molecular weight is 375 g/mol. The molecular weight excluding hydrogens is 356 g/mol.